The van der Waals surface area contributed by atoms with Crippen LogP contribution in [0.5, 0.6) is 5.75 Å². The molecule has 24 heavy (non-hydrogen) atoms. The molecule has 2 aliphatic rings. The van der Waals surface area contributed by atoms with Crippen molar-refractivity contribution in [1.82, 2.24) is 4.90 Å². The van der Waals surface area contributed by atoms with Gasteiger partial charge in [-0.2, -0.15) is 0 Å². The maximum atomic E-state index is 13.2. The maximum Gasteiger partial charge on any atom is 0.328 e. The molecule has 130 valence electrons. The molecule has 0 radical (unpaired) electrons. The summed E-state index contributed by atoms with van der Waals surface area (Å²) in [5, 5.41) is 9.57. The lowest BCUT2D eigenvalue weighted by Gasteiger charge is -2.42. The highest BCUT2D eigenvalue weighted by Gasteiger charge is 2.54. The highest BCUT2D eigenvalue weighted by Crippen LogP contribution is 2.43. The monoisotopic (exact) mass is 333 g/mol. The lowest BCUT2D eigenvalue weighted by molar-refractivity contribution is -0.143. The third kappa shape index (κ3) is 2.75. The number of carbonyl (C=O) groups excluding carboxylic acids is 1. The Kier molecular flexibility index (Phi) is 4.49. The fourth-order valence-corrected chi connectivity index (χ4v) is 3.72. The zero-order chi connectivity index (χ0) is 17.3. The Labute approximate surface area is 141 Å². The van der Waals surface area contributed by atoms with Gasteiger partial charge >= 0.3 is 5.97 Å². The van der Waals surface area contributed by atoms with Gasteiger partial charge < -0.3 is 14.6 Å². The zero-order valence-electron chi connectivity index (χ0n) is 14.0. The maximum absolute atomic E-state index is 13.2. The third-order valence-corrected chi connectivity index (χ3v) is 5.16. The molecule has 6 heteroatoms. The van der Waals surface area contributed by atoms with Gasteiger partial charge in [0.05, 0.1) is 19.3 Å². The van der Waals surface area contributed by atoms with Crippen molar-refractivity contribution in [3.63, 3.8) is 0 Å². The normalized spacial score (nSPS) is 29.7. The van der Waals surface area contributed by atoms with Crippen LogP contribution in [0.2, 0.25) is 0 Å². The van der Waals surface area contributed by atoms with Gasteiger partial charge in [0.2, 0.25) is 0 Å². The molecule has 1 atom stereocenters. The van der Waals surface area contributed by atoms with E-state index in [9.17, 15) is 14.7 Å². The smallest absolute Gasteiger partial charge is 0.328 e. The molecule has 2 fully saturated rings. The number of carboxylic acid groups (broad SMARTS) is 1. The number of carboxylic acids is 1. The van der Waals surface area contributed by atoms with E-state index in [1.54, 1.807) is 24.3 Å². The Bertz CT molecular complexity index is 636. The third-order valence-electron chi connectivity index (χ3n) is 5.16. The summed E-state index contributed by atoms with van der Waals surface area (Å²) in [4.78, 5) is 26.3. The molecule has 0 unspecified atom stereocenters. The number of ether oxygens (including phenoxy) is 2. The van der Waals surface area contributed by atoms with Crippen LogP contribution in [0.15, 0.2) is 24.3 Å². The first kappa shape index (κ1) is 16.8. The van der Waals surface area contributed by atoms with Crippen LogP contribution in [0.1, 0.15) is 43.0 Å². The quantitative estimate of drug-likeness (QED) is 0.920. The van der Waals surface area contributed by atoms with Crippen molar-refractivity contribution in [2.24, 2.45) is 5.92 Å². The molecular formula is C18H23NO5. The second-order valence-electron chi connectivity index (χ2n) is 6.67. The molecule has 1 amide bonds. The summed E-state index contributed by atoms with van der Waals surface area (Å²) in [6.45, 7) is 2.20. The van der Waals surface area contributed by atoms with E-state index in [0.29, 0.717) is 30.1 Å². The summed E-state index contributed by atoms with van der Waals surface area (Å²) in [6, 6.07) is 5.93. The lowest BCUT2D eigenvalue weighted by atomic mass is 9.83. The topological polar surface area (TPSA) is 76.1 Å². The van der Waals surface area contributed by atoms with Crippen LogP contribution in [-0.4, -0.2) is 47.4 Å². The van der Waals surface area contributed by atoms with Crippen molar-refractivity contribution < 1.29 is 24.2 Å². The van der Waals surface area contributed by atoms with Crippen molar-refractivity contribution in [1.29, 1.82) is 0 Å². The van der Waals surface area contributed by atoms with E-state index in [4.69, 9.17) is 9.47 Å². The SMILES string of the molecule is COc1ccccc1C(=O)N1[C@H](C(=O)O)COC12CCC(C)CC2. The predicted molar refractivity (Wildman–Crippen MR) is 86.9 cm³/mol. The van der Waals surface area contributed by atoms with Gasteiger partial charge in [0.25, 0.3) is 5.91 Å². The average molecular weight is 333 g/mol. The highest BCUT2D eigenvalue weighted by molar-refractivity contribution is 5.99. The fourth-order valence-electron chi connectivity index (χ4n) is 3.72. The number of amides is 1. The van der Waals surface area contributed by atoms with Gasteiger partial charge in [0, 0.05) is 0 Å². The van der Waals surface area contributed by atoms with Gasteiger partial charge in [0.15, 0.2) is 6.04 Å². The Morgan fingerprint density at radius 3 is 2.58 bits per heavy atom. The van der Waals surface area contributed by atoms with Crippen molar-refractivity contribution >= 4 is 11.9 Å². The van der Waals surface area contributed by atoms with Crippen LogP contribution < -0.4 is 4.74 Å². The minimum atomic E-state index is -1.03. The van der Waals surface area contributed by atoms with Crippen LogP contribution >= 0.6 is 0 Å². The fraction of sp³-hybridized carbons (Fsp3) is 0.556. The van der Waals surface area contributed by atoms with Crippen molar-refractivity contribution in [2.45, 2.75) is 44.4 Å². The Morgan fingerprint density at radius 2 is 1.96 bits per heavy atom. The number of para-hydroxylation sites is 1. The average Bonchev–Trinajstić information content (AvgIpc) is 2.96. The summed E-state index contributed by atoms with van der Waals surface area (Å²) in [6.07, 6.45) is 3.17. The van der Waals surface area contributed by atoms with Crippen molar-refractivity contribution in [3.05, 3.63) is 29.8 Å². The molecule has 0 aromatic heterocycles. The van der Waals surface area contributed by atoms with Gasteiger partial charge in [0.1, 0.15) is 11.5 Å². The second-order valence-corrected chi connectivity index (χ2v) is 6.67. The Hall–Kier alpha value is -2.08. The summed E-state index contributed by atoms with van der Waals surface area (Å²) in [5.74, 6) is -0.371. The highest BCUT2D eigenvalue weighted by atomic mass is 16.5. The predicted octanol–water partition coefficient (Wildman–Crippen LogP) is 2.53. The number of rotatable bonds is 3. The minimum Gasteiger partial charge on any atom is -0.496 e. The molecule has 1 N–H and O–H groups in total. The second kappa shape index (κ2) is 6.43. The molecule has 1 saturated heterocycles. The standard InChI is InChI=1S/C18H23NO5/c1-12-7-9-18(10-8-12)19(14(11-24-18)17(21)22)16(20)13-5-3-4-6-15(13)23-2/h3-6,12,14H,7-11H2,1-2H3,(H,21,22)/t12?,14-,18?/m0/s1. The molecule has 1 aromatic carbocycles. The summed E-state index contributed by atoms with van der Waals surface area (Å²) >= 11 is 0. The summed E-state index contributed by atoms with van der Waals surface area (Å²) in [7, 11) is 1.50. The number of aliphatic carboxylic acids is 1. The molecule has 1 aromatic rings. The van der Waals surface area contributed by atoms with Crippen molar-refractivity contribution in [3.8, 4) is 5.75 Å². The van der Waals surface area contributed by atoms with Gasteiger partial charge in [-0.25, -0.2) is 4.79 Å². The van der Waals surface area contributed by atoms with Gasteiger partial charge in [-0.1, -0.05) is 19.1 Å². The zero-order valence-corrected chi connectivity index (χ0v) is 14.0. The first-order valence-electron chi connectivity index (χ1n) is 8.32. The van der Waals surface area contributed by atoms with Gasteiger partial charge in [-0.3, -0.25) is 9.69 Å². The molecule has 1 saturated carbocycles. The van der Waals surface area contributed by atoms with Crippen molar-refractivity contribution in [2.75, 3.05) is 13.7 Å². The molecule has 6 nitrogen and oxygen atoms in total. The molecule has 1 aliphatic carbocycles. The number of benzene rings is 1. The Balaban J connectivity index is 1.99. The molecule has 1 heterocycles. The first-order chi connectivity index (χ1) is 11.5. The van der Waals surface area contributed by atoms with Crippen LogP contribution in [0.25, 0.3) is 0 Å². The number of hydrogen-bond donors (Lipinski definition) is 1. The minimum absolute atomic E-state index is 0.0323. The number of hydrogen-bond acceptors (Lipinski definition) is 4. The van der Waals surface area contributed by atoms with E-state index in [2.05, 4.69) is 6.92 Å². The van der Waals surface area contributed by atoms with Crippen LogP contribution in [0.3, 0.4) is 0 Å². The van der Waals surface area contributed by atoms with E-state index >= 15 is 0 Å². The van der Waals surface area contributed by atoms with Crippen LogP contribution in [0.4, 0.5) is 0 Å². The van der Waals surface area contributed by atoms with E-state index < -0.39 is 17.7 Å². The summed E-state index contributed by atoms with van der Waals surface area (Å²) in [5.41, 5.74) is -0.442. The molecule has 3 rings (SSSR count). The number of methoxy groups -OCH3 is 1. The number of nitrogens with zero attached hydrogens (tertiary/aromatic N) is 1. The van der Waals surface area contributed by atoms with Crippen LogP contribution in [0, 0.1) is 5.92 Å². The van der Waals surface area contributed by atoms with Gasteiger partial charge in [-0.15, -0.1) is 0 Å². The molecular weight excluding hydrogens is 310 g/mol. The Morgan fingerprint density at radius 1 is 1.29 bits per heavy atom. The first-order valence-corrected chi connectivity index (χ1v) is 8.32. The molecule has 0 bridgehead atoms. The van der Waals surface area contributed by atoms with Gasteiger partial charge in [-0.05, 0) is 43.7 Å². The van der Waals surface area contributed by atoms with E-state index in [1.165, 1.54) is 12.0 Å². The van der Waals surface area contributed by atoms with E-state index in [0.717, 1.165) is 12.8 Å². The van der Waals surface area contributed by atoms with E-state index in [1.807, 2.05) is 0 Å². The molecule has 1 spiro atoms. The number of carbonyl (C=O) groups is 2. The largest absolute Gasteiger partial charge is 0.496 e. The summed E-state index contributed by atoms with van der Waals surface area (Å²) < 4.78 is 11.2. The molecule has 1 aliphatic heterocycles. The van der Waals surface area contributed by atoms with Crippen LogP contribution in [-0.2, 0) is 9.53 Å². The lowest BCUT2D eigenvalue weighted by Crippen LogP contribution is -2.55. The van der Waals surface area contributed by atoms with E-state index in [-0.39, 0.29) is 12.5 Å².